The second-order valence-electron chi connectivity index (χ2n) is 3.61. The summed E-state index contributed by atoms with van der Waals surface area (Å²) in [4.78, 5) is 23.3. The molecule has 80 valence electrons. The largest absolute Gasteiger partial charge is 0.352 e. The van der Waals surface area contributed by atoms with E-state index in [0.717, 1.165) is 0 Å². The lowest BCUT2D eigenvalue weighted by atomic mass is 9.99. The number of amides is 2. The van der Waals surface area contributed by atoms with E-state index in [-0.39, 0.29) is 5.91 Å². The van der Waals surface area contributed by atoms with Crippen LogP contribution in [-0.4, -0.2) is 40.2 Å². The van der Waals surface area contributed by atoms with Crippen molar-refractivity contribution in [3.05, 3.63) is 0 Å². The van der Waals surface area contributed by atoms with Gasteiger partial charge >= 0.3 is 0 Å². The van der Waals surface area contributed by atoms with E-state index >= 15 is 0 Å². The van der Waals surface area contributed by atoms with Gasteiger partial charge in [-0.2, -0.15) is 0 Å². The zero-order chi connectivity index (χ0) is 10.9. The van der Waals surface area contributed by atoms with Crippen LogP contribution < -0.4 is 5.32 Å². The first-order chi connectivity index (χ1) is 6.37. The Balaban J connectivity index is 2.87. The maximum absolute atomic E-state index is 11.5. The summed E-state index contributed by atoms with van der Waals surface area (Å²) in [6, 6.07) is 0. The molecule has 0 spiro atoms. The molecule has 1 heterocycles. The fraction of sp³-hybridized carbons (Fsp3) is 0.750. The molecule has 1 fully saturated rings. The van der Waals surface area contributed by atoms with Crippen LogP contribution in [0.2, 0.25) is 0 Å². The number of nitrogens with zero attached hydrogens (tertiary/aromatic N) is 1. The number of piperazine rings is 1. The number of alkyl halides is 2. The van der Waals surface area contributed by atoms with Crippen molar-refractivity contribution < 1.29 is 9.59 Å². The summed E-state index contributed by atoms with van der Waals surface area (Å²) < 4.78 is 0. The molecular formula is C8H12Cl2N2O2. The summed E-state index contributed by atoms with van der Waals surface area (Å²) in [5.41, 5.74) is -0.878. The third kappa shape index (κ3) is 1.96. The predicted molar refractivity (Wildman–Crippen MR) is 54.3 cm³/mol. The van der Waals surface area contributed by atoms with Crippen LogP contribution in [0.4, 0.5) is 0 Å². The van der Waals surface area contributed by atoms with Gasteiger partial charge in [0.15, 0.2) is 4.84 Å². The zero-order valence-electron chi connectivity index (χ0n) is 8.01. The smallest absolute Gasteiger partial charge is 0.256 e. The fourth-order valence-electron chi connectivity index (χ4n) is 1.40. The highest BCUT2D eigenvalue weighted by molar-refractivity contribution is 6.53. The highest BCUT2D eigenvalue weighted by Crippen LogP contribution is 2.21. The zero-order valence-corrected chi connectivity index (χ0v) is 9.52. The molecule has 0 saturated carbocycles. The Morgan fingerprint density at radius 1 is 1.57 bits per heavy atom. The maximum Gasteiger partial charge on any atom is 0.256 e. The maximum atomic E-state index is 11.5. The molecule has 1 aliphatic heterocycles. The minimum atomic E-state index is -1.11. The molecule has 0 aromatic carbocycles. The van der Waals surface area contributed by atoms with Crippen LogP contribution in [0.3, 0.4) is 0 Å². The molecule has 2 amide bonds. The second-order valence-corrected chi connectivity index (χ2v) is 4.70. The quantitative estimate of drug-likeness (QED) is 0.678. The molecule has 1 rings (SSSR count). The van der Waals surface area contributed by atoms with Crippen LogP contribution in [0.15, 0.2) is 0 Å². The van der Waals surface area contributed by atoms with Gasteiger partial charge in [-0.05, 0) is 13.8 Å². The van der Waals surface area contributed by atoms with Crippen molar-refractivity contribution in [2.45, 2.75) is 24.2 Å². The number of carbonyl (C=O) groups excluding carboxylic acids is 2. The summed E-state index contributed by atoms with van der Waals surface area (Å²) in [6.07, 6.45) is 0. The van der Waals surface area contributed by atoms with Gasteiger partial charge in [-0.3, -0.25) is 9.59 Å². The van der Waals surface area contributed by atoms with E-state index < -0.39 is 16.3 Å². The molecule has 4 nitrogen and oxygen atoms in total. The van der Waals surface area contributed by atoms with Crippen LogP contribution in [0.1, 0.15) is 13.8 Å². The van der Waals surface area contributed by atoms with Gasteiger partial charge in [0, 0.05) is 13.1 Å². The van der Waals surface area contributed by atoms with Crippen molar-refractivity contribution >= 4 is 35.0 Å². The van der Waals surface area contributed by atoms with Gasteiger partial charge in [-0.1, -0.05) is 23.2 Å². The highest BCUT2D eigenvalue weighted by Gasteiger charge is 2.41. The Morgan fingerprint density at radius 3 is 2.64 bits per heavy atom. The Kier molecular flexibility index (Phi) is 3.27. The molecule has 0 atom stereocenters. The van der Waals surface area contributed by atoms with Gasteiger partial charge in [0.1, 0.15) is 5.54 Å². The van der Waals surface area contributed by atoms with Crippen LogP contribution in [0, 0.1) is 0 Å². The topological polar surface area (TPSA) is 49.4 Å². The minimum Gasteiger partial charge on any atom is -0.352 e. The summed E-state index contributed by atoms with van der Waals surface area (Å²) in [6.45, 7) is 4.20. The molecule has 0 aromatic rings. The average molecular weight is 239 g/mol. The van der Waals surface area contributed by atoms with Gasteiger partial charge in [0.05, 0.1) is 0 Å². The van der Waals surface area contributed by atoms with Crippen molar-refractivity contribution in [3.8, 4) is 0 Å². The third-order valence-corrected chi connectivity index (χ3v) is 2.68. The van der Waals surface area contributed by atoms with E-state index in [1.54, 1.807) is 13.8 Å². The SMILES string of the molecule is CC1(C)C(=O)NCCN1C(=O)C(Cl)Cl. The first-order valence-corrected chi connectivity index (χ1v) is 5.12. The Labute approximate surface area is 92.5 Å². The van der Waals surface area contributed by atoms with Crippen molar-refractivity contribution in [2.75, 3.05) is 13.1 Å². The van der Waals surface area contributed by atoms with Crippen molar-refractivity contribution in [1.82, 2.24) is 10.2 Å². The van der Waals surface area contributed by atoms with Crippen LogP contribution in [0.25, 0.3) is 0 Å². The first-order valence-electron chi connectivity index (χ1n) is 4.25. The lowest BCUT2D eigenvalue weighted by molar-refractivity contribution is -0.148. The van der Waals surface area contributed by atoms with Crippen molar-refractivity contribution in [1.29, 1.82) is 0 Å². The van der Waals surface area contributed by atoms with E-state index in [2.05, 4.69) is 5.32 Å². The normalized spacial score (nSPS) is 20.9. The monoisotopic (exact) mass is 238 g/mol. The summed E-state index contributed by atoms with van der Waals surface area (Å²) in [5.74, 6) is -0.612. The summed E-state index contributed by atoms with van der Waals surface area (Å²) in [7, 11) is 0. The highest BCUT2D eigenvalue weighted by atomic mass is 35.5. The minimum absolute atomic E-state index is 0.189. The molecule has 0 bridgehead atoms. The second kappa shape index (κ2) is 3.95. The molecule has 1 saturated heterocycles. The van der Waals surface area contributed by atoms with E-state index in [9.17, 15) is 9.59 Å². The number of nitrogens with one attached hydrogen (secondary N) is 1. The van der Waals surface area contributed by atoms with Gasteiger partial charge in [0.25, 0.3) is 5.91 Å². The number of halogens is 2. The predicted octanol–water partition coefficient (Wildman–Crippen LogP) is 0.527. The number of rotatable bonds is 1. The molecule has 0 unspecified atom stereocenters. The van der Waals surface area contributed by atoms with Gasteiger partial charge in [-0.15, -0.1) is 0 Å². The van der Waals surface area contributed by atoms with Crippen molar-refractivity contribution in [2.24, 2.45) is 0 Å². The average Bonchev–Trinajstić information content (AvgIpc) is 2.08. The molecule has 6 heteroatoms. The lowest BCUT2D eigenvalue weighted by Gasteiger charge is -2.41. The molecule has 1 N–H and O–H groups in total. The summed E-state index contributed by atoms with van der Waals surface area (Å²) >= 11 is 11.0. The lowest BCUT2D eigenvalue weighted by Crippen LogP contribution is -2.64. The third-order valence-electron chi connectivity index (χ3n) is 2.30. The summed E-state index contributed by atoms with van der Waals surface area (Å²) in [5, 5.41) is 2.68. The van der Waals surface area contributed by atoms with Crippen LogP contribution >= 0.6 is 23.2 Å². The van der Waals surface area contributed by atoms with E-state index in [0.29, 0.717) is 13.1 Å². The van der Waals surface area contributed by atoms with Crippen LogP contribution in [0.5, 0.6) is 0 Å². The number of hydrogen-bond acceptors (Lipinski definition) is 2. The Bertz CT molecular complexity index is 266. The van der Waals surface area contributed by atoms with E-state index in [1.807, 2.05) is 0 Å². The fourth-order valence-corrected chi connectivity index (χ4v) is 1.64. The molecular weight excluding hydrogens is 227 g/mol. The van der Waals surface area contributed by atoms with Gasteiger partial charge < -0.3 is 10.2 Å². The molecule has 14 heavy (non-hydrogen) atoms. The molecule has 0 aliphatic carbocycles. The van der Waals surface area contributed by atoms with E-state index in [4.69, 9.17) is 23.2 Å². The van der Waals surface area contributed by atoms with Crippen LogP contribution in [-0.2, 0) is 9.59 Å². The molecule has 0 radical (unpaired) electrons. The van der Waals surface area contributed by atoms with Gasteiger partial charge in [-0.25, -0.2) is 0 Å². The Morgan fingerprint density at radius 2 is 2.14 bits per heavy atom. The Hall–Kier alpha value is -0.480. The molecule has 0 aromatic heterocycles. The van der Waals surface area contributed by atoms with E-state index in [1.165, 1.54) is 4.90 Å². The standard InChI is InChI=1S/C8H12Cl2N2O2/c1-8(2)7(14)11-3-4-12(8)6(13)5(9)10/h5H,3-4H2,1-2H3,(H,11,14). The van der Waals surface area contributed by atoms with Crippen molar-refractivity contribution in [3.63, 3.8) is 0 Å². The van der Waals surface area contributed by atoms with Gasteiger partial charge in [0.2, 0.25) is 5.91 Å². The molecule has 1 aliphatic rings. The number of carbonyl (C=O) groups is 2. The first kappa shape index (κ1) is 11.6. The number of hydrogen-bond donors (Lipinski definition) is 1.